The van der Waals surface area contributed by atoms with Crippen LogP contribution in [0.5, 0.6) is 0 Å². The fraction of sp³-hybridized carbons (Fsp3) is 0.231. The molecule has 3 aromatic heterocycles. The predicted molar refractivity (Wildman–Crippen MR) is 133 cm³/mol. The van der Waals surface area contributed by atoms with Gasteiger partial charge in [0.15, 0.2) is 0 Å². The minimum absolute atomic E-state index is 0.182. The van der Waals surface area contributed by atoms with Gasteiger partial charge in [-0.25, -0.2) is 15.0 Å². The number of nitrogen functional groups attached to an aromatic ring is 1. The van der Waals surface area contributed by atoms with Crippen molar-refractivity contribution in [2.75, 3.05) is 30.7 Å². The first-order valence-electron chi connectivity index (χ1n) is 11.5. The maximum Gasteiger partial charge on any atom is 0.256 e. The average molecular weight is 468 g/mol. The van der Waals surface area contributed by atoms with Gasteiger partial charge in [0.05, 0.1) is 12.7 Å². The van der Waals surface area contributed by atoms with Gasteiger partial charge in [-0.2, -0.15) is 0 Å². The molecule has 2 unspecified atom stereocenters. The molecule has 2 saturated heterocycles. The predicted octanol–water partition coefficient (Wildman–Crippen LogP) is 3.11. The zero-order valence-electron chi connectivity index (χ0n) is 19.1. The number of rotatable bonds is 6. The molecule has 5 heterocycles. The Morgan fingerprint density at radius 1 is 1.23 bits per heavy atom. The van der Waals surface area contributed by atoms with Crippen LogP contribution in [0.2, 0.25) is 0 Å². The molecule has 0 saturated carbocycles. The number of nitrogens with one attached hydrogen (secondary N) is 1. The van der Waals surface area contributed by atoms with Crippen LogP contribution in [0.15, 0.2) is 73.7 Å². The number of fused-ring (bicyclic) bond motifs is 3. The third kappa shape index (κ3) is 3.48. The zero-order valence-corrected chi connectivity index (χ0v) is 19.1. The Morgan fingerprint density at radius 2 is 2.09 bits per heavy atom. The Bertz CT molecular complexity index is 1420. The monoisotopic (exact) mass is 467 g/mol. The third-order valence-corrected chi connectivity index (χ3v) is 6.83. The molecule has 9 nitrogen and oxygen atoms in total. The number of carbonyl (C=O) groups is 1. The molecule has 1 amide bonds. The molecule has 2 aliphatic rings. The summed E-state index contributed by atoms with van der Waals surface area (Å²) < 4.78 is 8.08. The van der Waals surface area contributed by atoms with Crippen molar-refractivity contribution in [3.05, 3.63) is 85.1 Å². The van der Waals surface area contributed by atoms with Crippen molar-refractivity contribution in [2.45, 2.75) is 18.1 Å². The quantitative estimate of drug-likeness (QED) is 0.419. The van der Waals surface area contributed by atoms with Gasteiger partial charge >= 0.3 is 0 Å². The number of amides is 1. The Labute approximate surface area is 202 Å². The van der Waals surface area contributed by atoms with Crippen molar-refractivity contribution in [3.63, 3.8) is 0 Å². The highest BCUT2D eigenvalue weighted by Gasteiger charge is 2.55. The van der Waals surface area contributed by atoms with E-state index >= 15 is 0 Å². The molecule has 1 aromatic carbocycles. The number of benzene rings is 1. The summed E-state index contributed by atoms with van der Waals surface area (Å²) in [5.74, 6) is 1.56. The van der Waals surface area contributed by atoms with Crippen molar-refractivity contribution in [1.82, 2.24) is 24.3 Å². The first kappa shape index (κ1) is 21.5. The number of anilines is 2. The highest BCUT2D eigenvalue weighted by atomic mass is 16.5. The Hall–Kier alpha value is -4.08. The van der Waals surface area contributed by atoms with Crippen molar-refractivity contribution < 1.29 is 9.53 Å². The van der Waals surface area contributed by atoms with E-state index in [1.165, 1.54) is 0 Å². The maximum absolute atomic E-state index is 12.7. The number of likely N-dealkylation sites (tertiary alicyclic amines) is 1. The molecule has 0 radical (unpaired) electrons. The molecule has 0 aliphatic carbocycles. The van der Waals surface area contributed by atoms with E-state index in [1.807, 2.05) is 34.9 Å². The summed E-state index contributed by atoms with van der Waals surface area (Å²) in [6, 6.07) is 12.7. The molecular formula is C26H25N7O2. The van der Waals surface area contributed by atoms with E-state index in [0.29, 0.717) is 23.8 Å². The Morgan fingerprint density at radius 3 is 2.83 bits per heavy atom. The molecule has 2 atom stereocenters. The van der Waals surface area contributed by atoms with Gasteiger partial charge in [0.2, 0.25) is 0 Å². The second kappa shape index (κ2) is 8.30. The number of morpholine rings is 1. The highest BCUT2D eigenvalue weighted by molar-refractivity contribution is 6.04. The Kier molecular flexibility index (Phi) is 5.09. The van der Waals surface area contributed by atoms with Crippen LogP contribution in [0.3, 0.4) is 0 Å². The molecule has 4 aromatic rings. The number of imidazole rings is 1. The smallest absolute Gasteiger partial charge is 0.256 e. The minimum atomic E-state index is -0.351. The van der Waals surface area contributed by atoms with Crippen LogP contribution in [0.25, 0.3) is 16.8 Å². The van der Waals surface area contributed by atoms with Gasteiger partial charge in [-0.1, -0.05) is 24.3 Å². The molecule has 35 heavy (non-hydrogen) atoms. The average Bonchev–Trinajstić information content (AvgIpc) is 3.57. The molecule has 2 aliphatic heterocycles. The van der Waals surface area contributed by atoms with Gasteiger partial charge in [-0.3, -0.25) is 14.1 Å². The van der Waals surface area contributed by atoms with Gasteiger partial charge in [0.1, 0.15) is 34.2 Å². The van der Waals surface area contributed by atoms with Crippen LogP contribution >= 0.6 is 0 Å². The van der Waals surface area contributed by atoms with Gasteiger partial charge < -0.3 is 15.8 Å². The summed E-state index contributed by atoms with van der Waals surface area (Å²) in [4.78, 5) is 28.6. The van der Waals surface area contributed by atoms with E-state index in [-0.39, 0.29) is 17.6 Å². The molecule has 9 heteroatoms. The molecular weight excluding hydrogens is 442 g/mol. The number of pyridine rings is 1. The number of nitrogens with zero attached hydrogens (tertiary/aromatic N) is 5. The second-order valence-electron chi connectivity index (χ2n) is 8.92. The van der Waals surface area contributed by atoms with Crippen LogP contribution < -0.4 is 11.1 Å². The summed E-state index contributed by atoms with van der Waals surface area (Å²) in [5.41, 5.74) is 8.85. The lowest BCUT2D eigenvalue weighted by Gasteiger charge is -2.36. The number of hydrogen-bond donors (Lipinski definition) is 2. The number of carbonyl (C=O) groups excluding carboxylic acids is 1. The topological polar surface area (TPSA) is 111 Å². The lowest BCUT2D eigenvalue weighted by Crippen LogP contribution is -2.47. The van der Waals surface area contributed by atoms with E-state index in [9.17, 15) is 4.79 Å². The normalized spacial score (nSPS) is 21.4. The highest BCUT2D eigenvalue weighted by Crippen LogP contribution is 2.46. The van der Waals surface area contributed by atoms with E-state index in [0.717, 1.165) is 42.1 Å². The minimum Gasteiger partial charge on any atom is -0.382 e. The van der Waals surface area contributed by atoms with E-state index in [2.05, 4.69) is 26.8 Å². The summed E-state index contributed by atoms with van der Waals surface area (Å²) in [5, 5.41) is 2.80. The first-order chi connectivity index (χ1) is 17.1. The third-order valence-electron chi connectivity index (χ3n) is 6.83. The van der Waals surface area contributed by atoms with E-state index in [4.69, 9.17) is 15.5 Å². The molecule has 3 N–H and O–H groups in total. The van der Waals surface area contributed by atoms with Gasteiger partial charge in [-0.15, -0.1) is 6.58 Å². The number of aromatic nitrogens is 4. The lowest BCUT2D eigenvalue weighted by atomic mass is 9.97. The summed E-state index contributed by atoms with van der Waals surface area (Å²) in [7, 11) is 0. The Balaban J connectivity index is 1.39. The SMILES string of the molecule is C=CCN1CC2CC1(c1nc(-c3ccc(C(=O)Nc4ccccn4)cc3)c3c(N)nccn13)CO2. The summed E-state index contributed by atoms with van der Waals surface area (Å²) in [6.07, 6.45) is 8.20. The fourth-order valence-electron chi connectivity index (χ4n) is 5.21. The number of hydrogen-bond acceptors (Lipinski definition) is 7. The van der Waals surface area contributed by atoms with Gasteiger partial charge in [-0.05, 0) is 24.3 Å². The standard InChI is InChI=1S/C26H25N7O2/c1-2-12-32-15-19-14-26(32,16-35-19)25-31-21(22-23(27)29-11-13-33(22)25)17-6-8-18(9-7-17)24(34)30-20-5-3-4-10-28-20/h2-11,13,19H,1,12,14-16H2,(H2,27,29)(H,28,30,34). The number of nitrogens with two attached hydrogens (primary N) is 1. The summed E-state index contributed by atoms with van der Waals surface area (Å²) >= 11 is 0. The summed E-state index contributed by atoms with van der Waals surface area (Å²) in [6.45, 7) is 6.10. The van der Waals surface area contributed by atoms with Crippen molar-refractivity contribution >= 4 is 23.1 Å². The molecule has 2 bridgehead atoms. The van der Waals surface area contributed by atoms with Gasteiger partial charge in [0.25, 0.3) is 5.91 Å². The number of ether oxygens (including phenoxy) is 1. The maximum atomic E-state index is 12.7. The van der Waals surface area contributed by atoms with Crippen LogP contribution in [-0.2, 0) is 10.3 Å². The zero-order chi connectivity index (χ0) is 24.0. The van der Waals surface area contributed by atoms with Crippen LogP contribution in [0.4, 0.5) is 11.6 Å². The van der Waals surface area contributed by atoms with Crippen molar-refractivity contribution in [3.8, 4) is 11.3 Å². The van der Waals surface area contributed by atoms with E-state index < -0.39 is 0 Å². The van der Waals surface area contributed by atoms with Crippen molar-refractivity contribution in [1.29, 1.82) is 0 Å². The largest absolute Gasteiger partial charge is 0.382 e. The fourth-order valence-corrected chi connectivity index (χ4v) is 5.21. The molecule has 0 spiro atoms. The van der Waals surface area contributed by atoms with E-state index in [1.54, 1.807) is 36.7 Å². The molecule has 6 rings (SSSR count). The van der Waals surface area contributed by atoms with Gasteiger partial charge in [0, 0.05) is 49.2 Å². The lowest BCUT2D eigenvalue weighted by molar-refractivity contribution is -0.00931. The van der Waals surface area contributed by atoms with Crippen LogP contribution in [0.1, 0.15) is 22.6 Å². The second-order valence-corrected chi connectivity index (χ2v) is 8.92. The van der Waals surface area contributed by atoms with Crippen LogP contribution in [-0.4, -0.2) is 56.0 Å². The molecule has 176 valence electrons. The molecule has 2 fully saturated rings. The van der Waals surface area contributed by atoms with Crippen LogP contribution in [0, 0.1) is 0 Å². The van der Waals surface area contributed by atoms with Crippen molar-refractivity contribution in [2.24, 2.45) is 0 Å². The first-order valence-corrected chi connectivity index (χ1v) is 11.5.